The molecule has 16 heavy (non-hydrogen) atoms. The summed E-state index contributed by atoms with van der Waals surface area (Å²) in [4.78, 5) is 0. The van der Waals surface area contributed by atoms with Gasteiger partial charge in [0.2, 0.25) is 0 Å². The summed E-state index contributed by atoms with van der Waals surface area (Å²) in [5.74, 6) is 0.346. The van der Waals surface area contributed by atoms with Crippen molar-refractivity contribution in [3.63, 3.8) is 0 Å². The molecule has 0 amide bonds. The van der Waals surface area contributed by atoms with Crippen molar-refractivity contribution in [1.29, 1.82) is 0 Å². The van der Waals surface area contributed by atoms with E-state index in [1.54, 1.807) is 6.07 Å². The zero-order valence-electron chi connectivity index (χ0n) is 10.1. The maximum absolute atomic E-state index is 9.73. The van der Waals surface area contributed by atoms with Gasteiger partial charge in [-0.05, 0) is 34.4 Å². The number of fused-ring (bicyclic) bond motifs is 2. The summed E-state index contributed by atoms with van der Waals surface area (Å²) in [7, 11) is 0. The first kappa shape index (κ1) is 11.1. The second-order valence-electron chi connectivity index (χ2n) is 3.70. The fourth-order valence-corrected chi connectivity index (χ4v) is 1.95. The molecule has 0 bridgehead atoms. The van der Waals surface area contributed by atoms with Gasteiger partial charge in [-0.3, -0.25) is 0 Å². The van der Waals surface area contributed by atoms with Gasteiger partial charge in [0.05, 0.1) is 0 Å². The van der Waals surface area contributed by atoms with E-state index in [9.17, 15) is 5.11 Å². The van der Waals surface area contributed by atoms with Crippen LogP contribution in [-0.2, 0) is 0 Å². The predicted octanol–water partition coefficient (Wildman–Crippen LogP) is 0.815. The van der Waals surface area contributed by atoms with Crippen LogP contribution in [0.15, 0.2) is 54.6 Å². The third-order valence-electron chi connectivity index (χ3n) is 2.72. The van der Waals surface area contributed by atoms with Gasteiger partial charge in [0, 0.05) is 5.39 Å². The predicted molar refractivity (Wildman–Crippen MR) is 64.2 cm³/mol. The Morgan fingerprint density at radius 3 is 2.12 bits per heavy atom. The van der Waals surface area contributed by atoms with E-state index < -0.39 is 0 Å². The Morgan fingerprint density at radius 1 is 0.750 bits per heavy atom. The van der Waals surface area contributed by atoms with Crippen molar-refractivity contribution in [2.24, 2.45) is 0 Å². The Morgan fingerprint density at radius 2 is 1.38 bits per heavy atom. The summed E-state index contributed by atoms with van der Waals surface area (Å²) >= 11 is 0. The minimum atomic E-state index is 0. The summed E-state index contributed by atoms with van der Waals surface area (Å²) in [6.45, 7) is 0. The molecule has 0 saturated heterocycles. The van der Waals surface area contributed by atoms with E-state index >= 15 is 0 Å². The maximum atomic E-state index is 9.73. The van der Waals surface area contributed by atoms with Crippen LogP contribution in [0.5, 0.6) is 5.75 Å². The van der Waals surface area contributed by atoms with Crippen LogP contribution in [0.2, 0.25) is 0 Å². The topological polar surface area (TPSA) is 20.2 Å². The Balaban J connectivity index is 0.000000722. The molecule has 3 rings (SSSR count). The van der Waals surface area contributed by atoms with E-state index in [0.29, 0.717) is 5.75 Å². The van der Waals surface area contributed by atoms with Crippen LogP contribution in [0.4, 0.5) is 0 Å². The maximum Gasteiger partial charge on any atom is 1.00 e. The summed E-state index contributed by atoms with van der Waals surface area (Å²) in [6.07, 6.45) is 0. The largest absolute Gasteiger partial charge is 1.00 e. The summed E-state index contributed by atoms with van der Waals surface area (Å²) in [5, 5.41) is 14.1. The van der Waals surface area contributed by atoms with E-state index in [1.165, 1.54) is 5.39 Å². The Labute approximate surface area is 107 Å². The Kier molecular flexibility index (Phi) is 2.92. The Bertz CT molecular complexity index is 652. The van der Waals surface area contributed by atoms with Gasteiger partial charge in [0.15, 0.2) is 0 Å². The van der Waals surface area contributed by atoms with Gasteiger partial charge in [-0.25, -0.2) is 0 Å². The fraction of sp³-hybridized carbons (Fsp3) is 0. The van der Waals surface area contributed by atoms with E-state index in [2.05, 4.69) is 18.2 Å². The molecular formula is C14H11LiO. The minimum Gasteiger partial charge on any atom is -1.00 e. The van der Waals surface area contributed by atoms with Crippen molar-refractivity contribution in [3.8, 4) is 5.75 Å². The van der Waals surface area contributed by atoms with Crippen molar-refractivity contribution in [2.75, 3.05) is 0 Å². The van der Waals surface area contributed by atoms with Crippen LogP contribution in [0.1, 0.15) is 1.43 Å². The number of hydrogen-bond acceptors (Lipinski definition) is 1. The number of phenolic OH excluding ortho intramolecular Hbond substituents is 1. The summed E-state index contributed by atoms with van der Waals surface area (Å²) in [6, 6.07) is 17.9. The molecule has 1 N–H and O–H groups in total. The van der Waals surface area contributed by atoms with E-state index in [0.717, 1.165) is 16.2 Å². The summed E-state index contributed by atoms with van der Waals surface area (Å²) in [5.41, 5.74) is 0. The SMILES string of the molecule is Oc1cccc2cc3ccccc3cc12.[H-].[Li+]. The van der Waals surface area contributed by atoms with Crippen molar-refractivity contribution >= 4 is 21.5 Å². The number of hydrogen-bond donors (Lipinski definition) is 1. The average Bonchev–Trinajstić information content (AvgIpc) is 2.27. The van der Waals surface area contributed by atoms with Gasteiger partial charge in [-0.15, -0.1) is 0 Å². The molecule has 0 aliphatic carbocycles. The standard InChI is InChI=1S/C14H10O.Li.H/c15-14-7-3-6-12-8-10-4-1-2-5-11(10)9-13(12)14;;/h1-9,15H;;/q;+1;-1. The average molecular weight is 202 g/mol. The summed E-state index contributed by atoms with van der Waals surface area (Å²) < 4.78 is 0. The molecule has 0 atom stereocenters. The van der Waals surface area contributed by atoms with Gasteiger partial charge < -0.3 is 6.53 Å². The molecule has 1 nitrogen and oxygen atoms in total. The second-order valence-corrected chi connectivity index (χ2v) is 3.70. The van der Waals surface area contributed by atoms with Crippen LogP contribution >= 0.6 is 0 Å². The van der Waals surface area contributed by atoms with E-state index in [-0.39, 0.29) is 20.3 Å². The number of rotatable bonds is 0. The molecule has 0 fully saturated rings. The van der Waals surface area contributed by atoms with Crippen LogP contribution in [-0.4, -0.2) is 5.11 Å². The van der Waals surface area contributed by atoms with E-state index in [1.807, 2.05) is 30.3 Å². The molecule has 0 aromatic heterocycles. The van der Waals surface area contributed by atoms with Gasteiger partial charge in [0.25, 0.3) is 0 Å². The molecular weight excluding hydrogens is 191 g/mol. The Hall–Kier alpha value is -1.42. The quantitative estimate of drug-likeness (QED) is 0.422. The van der Waals surface area contributed by atoms with E-state index in [4.69, 9.17) is 0 Å². The molecule has 0 radical (unpaired) electrons. The third kappa shape index (κ3) is 1.69. The van der Waals surface area contributed by atoms with Crippen molar-refractivity contribution < 1.29 is 25.4 Å². The minimum absolute atomic E-state index is 0. The number of phenols is 1. The van der Waals surface area contributed by atoms with Gasteiger partial charge in [0.1, 0.15) is 5.75 Å². The van der Waals surface area contributed by atoms with Gasteiger partial charge >= 0.3 is 18.9 Å². The second kappa shape index (κ2) is 4.21. The third-order valence-corrected chi connectivity index (χ3v) is 2.72. The fourth-order valence-electron chi connectivity index (χ4n) is 1.95. The van der Waals surface area contributed by atoms with Crippen LogP contribution in [0.3, 0.4) is 0 Å². The molecule has 2 heteroatoms. The molecule has 0 aliphatic rings. The molecule has 0 aliphatic heterocycles. The smallest absolute Gasteiger partial charge is 1.00 e. The van der Waals surface area contributed by atoms with Crippen molar-refractivity contribution in [2.45, 2.75) is 0 Å². The molecule has 0 spiro atoms. The van der Waals surface area contributed by atoms with Crippen LogP contribution < -0.4 is 18.9 Å². The number of benzene rings is 3. The molecule has 3 aromatic carbocycles. The number of aromatic hydroxyl groups is 1. The zero-order chi connectivity index (χ0) is 10.3. The van der Waals surface area contributed by atoms with Gasteiger partial charge in [-0.2, -0.15) is 0 Å². The first-order valence-electron chi connectivity index (χ1n) is 4.95. The normalized spacial score (nSPS) is 10.2. The molecule has 0 heterocycles. The molecule has 0 saturated carbocycles. The van der Waals surface area contributed by atoms with Gasteiger partial charge in [-0.1, -0.05) is 36.4 Å². The van der Waals surface area contributed by atoms with Crippen LogP contribution in [0, 0.1) is 0 Å². The zero-order valence-corrected chi connectivity index (χ0v) is 9.14. The first-order chi connectivity index (χ1) is 7.34. The molecule has 0 unspecified atom stereocenters. The molecule has 3 aromatic rings. The van der Waals surface area contributed by atoms with Crippen molar-refractivity contribution in [1.82, 2.24) is 0 Å². The first-order valence-corrected chi connectivity index (χ1v) is 4.95. The molecule has 74 valence electrons. The van der Waals surface area contributed by atoms with Crippen LogP contribution in [0.25, 0.3) is 21.5 Å². The monoisotopic (exact) mass is 202 g/mol. The van der Waals surface area contributed by atoms with Crippen molar-refractivity contribution in [3.05, 3.63) is 54.6 Å².